The van der Waals surface area contributed by atoms with Gasteiger partial charge in [0.1, 0.15) is 5.60 Å². The number of hydrogen-bond acceptors (Lipinski definition) is 3. The monoisotopic (exact) mass is 242 g/mol. The molecule has 1 unspecified atom stereocenters. The van der Waals surface area contributed by atoms with Crippen LogP contribution in [0.5, 0.6) is 0 Å². The molecule has 4 heteroatoms. The minimum Gasteiger partial charge on any atom is -0.444 e. The third-order valence-electron chi connectivity index (χ3n) is 3.05. The molecule has 1 rings (SSSR count). The zero-order chi connectivity index (χ0) is 12.9. The molecule has 1 saturated carbocycles. The maximum atomic E-state index is 11.5. The number of likely N-dealkylation sites (N-methyl/N-ethyl adjacent to an activating group) is 1. The topological polar surface area (TPSA) is 50.4 Å². The summed E-state index contributed by atoms with van der Waals surface area (Å²) >= 11 is 0. The Hall–Kier alpha value is -0.770. The summed E-state index contributed by atoms with van der Waals surface area (Å²) < 4.78 is 5.22. The van der Waals surface area contributed by atoms with Crippen molar-refractivity contribution < 1.29 is 9.53 Å². The van der Waals surface area contributed by atoms with Gasteiger partial charge in [0, 0.05) is 12.6 Å². The lowest BCUT2D eigenvalue weighted by atomic mass is 9.79. The second-order valence-electron chi connectivity index (χ2n) is 5.74. The molecule has 0 heterocycles. The normalized spacial score (nSPS) is 18.4. The molecule has 0 aliphatic heterocycles. The highest BCUT2D eigenvalue weighted by molar-refractivity contribution is 5.67. The SMILES string of the molecule is CCNC(CNC(=O)OC(C)(C)C)C1CCC1. The van der Waals surface area contributed by atoms with Gasteiger partial charge in [0.15, 0.2) is 0 Å². The first-order valence-corrected chi connectivity index (χ1v) is 6.62. The highest BCUT2D eigenvalue weighted by Crippen LogP contribution is 2.29. The van der Waals surface area contributed by atoms with Gasteiger partial charge in [0.25, 0.3) is 0 Å². The van der Waals surface area contributed by atoms with E-state index in [0.717, 1.165) is 6.54 Å². The predicted molar refractivity (Wildman–Crippen MR) is 69.0 cm³/mol. The average molecular weight is 242 g/mol. The fourth-order valence-electron chi connectivity index (χ4n) is 2.02. The van der Waals surface area contributed by atoms with Gasteiger partial charge in [-0.25, -0.2) is 4.79 Å². The van der Waals surface area contributed by atoms with Gasteiger partial charge in [-0.15, -0.1) is 0 Å². The molecular formula is C13H26N2O2. The molecule has 1 amide bonds. The van der Waals surface area contributed by atoms with E-state index < -0.39 is 5.60 Å². The molecule has 1 aliphatic carbocycles. The minimum atomic E-state index is -0.422. The molecule has 4 nitrogen and oxygen atoms in total. The number of hydrogen-bond donors (Lipinski definition) is 2. The van der Waals surface area contributed by atoms with Crippen molar-refractivity contribution in [3.05, 3.63) is 0 Å². The van der Waals surface area contributed by atoms with Gasteiger partial charge in [-0.1, -0.05) is 13.3 Å². The van der Waals surface area contributed by atoms with Gasteiger partial charge in [0.2, 0.25) is 0 Å². The van der Waals surface area contributed by atoms with E-state index in [1.807, 2.05) is 20.8 Å². The van der Waals surface area contributed by atoms with Crippen LogP contribution in [0.25, 0.3) is 0 Å². The third-order valence-corrected chi connectivity index (χ3v) is 3.05. The van der Waals surface area contributed by atoms with Gasteiger partial charge in [-0.3, -0.25) is 0 Å². The first-order chi connectivity index (χ1) is 7.92. The third kappa shape index (κ3) is 5.39. The zero-order valence-electron chi connectivity index (χ0n) is 11.5. The van der Waals surface area contributed by atoms with E-state index in [-0.39, 0.29) is 6.09 Å². The van der Waals surface area contributed by atoms with Crippen LogP contribution in [0.3, 0.4) is 0 Å². The molecule has 17 heavy (non-hydrogen) atoms. The van der Waals surface area contributed by atoms with Crippen molar-refractivity contribution in [2.75, 3.05) is 13.1 Å². The Balaban J connectivity index is 2.28. The van der Waals surface area contributed by atoms with Crippen LogP contribution in [0, 0.1) is 5.92 Å². The van der Waals surface area contributed by atoms with Crippen LogP contribution < -0.4 is 10.6 Å². The van der Waals surface area contributed by atoms with Crippen molar-refractivity contribution in [3.8, 4) is 0 Å². The molecule has 0 aromatic carbocycles. The first kappa shape index (κ1) is 14.3. The van der Waals surface area contributed by atoms with Gasteiger partial charge < -0.3 is 15.4 Å². The maximum absolute atomic E-state index is 11.5. The van der Waals surface area contributed by atoms with E-state index in [4.69, 9.17) is 4.74 Å². The molecule has 0 spiro atoms. The Morgan fingerprint density at radius 3 is 2.47 bits per heavy atom. The van der Waals surface area contributed by atoms with Crippen LogP contribution in [0.2, 0.25) is 0 Å². The van der Waals surface area contributed by atoms with Crippen molar-refractivity contribution in [2.24, 2.45) is 5.92 Å². The molecule has 2 N–H and O–H groups in total. The summed E-state index contributed by atoms with van der Waals surface area (Å²) in [5, 5.41) is 6.28. The lowest BCUT2D eigenvalue weighted by molar-refractivity contribution is 0.0513. The number of amides is 1. The van der Waals surface area contributed by atoms with Gasteiger partial charge in [0.05, 0.1) is 0 Å². The molecule has 0 radical (unpaired) electrons. The molecule has 100 valence electrons. The van der Waals surface area contributed by atoms with E-state index in [9.17, 15) is 4.79 Å². The van der Waals surface area contributed by atoms with Crippen LogP contribution in [0.15, 0.2) is 0 Å². The maximum Gasteiger partial charge on any atom is 0.407 e. The highest BCUT2D eigenvalue weighted by atomic mass is 16.6. The fourth-order valence-corrected chi connectivity index (χ4v) is 2.02. The standard InChI is InChI=1S/C13H26N2O2/c1-5-14-11(10-7-6-8-10)9-15-12(16)17-13(2,3)4/h10-11,14H,5-9H2,1-4H3,(H,15,16). The number of carbonyl (C=O) groups is 1. The molecule has 0 aromatic rings. The second-order valence-corrected chi connectivity index (χ2v) is 5.74. The summed E-state index contributed by atoms with van der Waals surface area (Å²) in [6, 6.07) is 0.390. The van der Waals surface area contributed by atoms with Gasteiger partial charge in [-0.05, 0) is 46.1 Å². The van der Waals surface area contributed by atoms with Crippen LogP contribution >= 0.6 is 0 Å². The van der Waals surface area contributed by atoms with Crippen LogP contribution in [-0.4, -0.2) is 30.8 Å². The lowest BCUT2D eigenvalue weighted by Crippen LogP contribution is -2.48. The quantitative estimate of drug-likeness (QED) is 0.777. The lowest BCUT2D eigenvalue weighted by Gasteiger charge is -2.34. The fraction of sp³-hybridized carbons (Fsp3) is 0.923. The molecule has 1 atom stereocenters. The number of rotatable bonds is 5. The number of alkyl carbamates (subject to hydrolysis) is 1. The Labute approximate surface area is 104 Å². The van der Waals surface area contributed by atoms with E-state index in [1.54, 1.807) is 0 Å². The van der Waals surface area contributed by atoms with Crippen LogP contribution in [0.1, 0.15) is 47.0 Å². The minimum absolute atomic E-state index is 0.320. The summed E-state index contributed by atoms with van der Waals surface area (Å²) in [5.74, 6) is 0.713. The van der Waals surface area contributed by atoms with Crippen molar-refractivity contribution in [3.63, 3.8) is 0 Å². The molecular weight excluding hydrogens is 216 g/mol. The molecule has 0 bridgehead atoms. The Kier molecular flexibility index (Phi) is 5.25. The van der Waals surface area contributed by atoms with Crippen LogP contribution in [-0.2, 0) is 4.74 Å². The smallest absolute Gasteiger partial charge is 0.407 e. The summed E-state index contributed by atoms with van der Waals surface area (Å²) in [6.07, 6.45) is 3.54. The van der Waals surface area contributed by atoms with Gasteiger partial charge in [-0.2, -0.15) is 0 Å². The summed E-state index contributed by atoms with van der Waals surface area (Å²) in [5.41, 5.74) is -0.422. The molecule has 1 fully saturated rings. The van der Waals surface area contributed by atoms with Crippen LogP contribution in [0.4, 0.5) is 4.79 Å². The molecule has 0 aromatic heterocycles. The Bertz CT molecular complexity index is 244. The summed E-state index contributed by atoms with van der Waals surface area (Å²) in [4.78, 5) is 11.5. The summed E-state index contributed by atoms with van der Waals surface area (Å²) in [7, 11) is 0. The van der Waals surface area contributed by atoms with Crippen molar-refractivity contribution in [1.82, 2.24) is 10.6 Å². The Morgan fingerprint density at radius 2 is 2.06 bits per heavy atom. The predicted octanol–water partition coefficient (Wildman–Crippen LogP) is 2.29. The van der Waals surface area contributed by atoms with Crippen molar-refractivity contribution in [1.29, 1.82) is 0 Å². The number of nitrogens with one attached hydrogen (secondary N) is 2. The zero-order valence-corrected chi connectivity index (χ0v) is 11.5. The average Bonchev–Trinajstić information content (AvgIpc) is 2.08. The summed E-state index contributed by atoms with van der Waals surface area (Å²) in [6.45, 7) is 9.32. The van der Waals surface area contributed by atoms with Gasteiger partial charge >= 0.3 is 6.09 Å². The number of ether oxygens (including phenoxy) is 1. The molecule has 0 saturated heterocycles. The van der Waals surface area contributed by atoms with E-state index in [0.29, 0.717) is 18.5 Å². The van der Waals surface area contributed by atoms with E-state index >= 15 is 0 Å². The van der Waals surface area contributed by atoms with Crippen molar-refractivity contribution >= 4 is 6.09 Å². The van der Waals surface area contributed by atoms with Crippen molar-refractivity contribution in [2.45, 2.75) is 58.6 Å². The molecule has 1 aliphatic rings. The second kappa shape index (κ2) is 6.24. The van der Waals surface area contributed by atoms with E-state index in [1.165, 1.54) is 19.3 Å². The van der Waals surface area contributed by atoms with E-state index in [2.05, 4.69) is 17.6 Å². The highest BCUT2D eigenvalue weighted by Gasteiger charge is 2.27. The largest absolute Gasteiger partial charge is 0.444 e. The first-order valence-electron chi connectivity index (χ1n) is 6.62. The number of carbonyl (C=O) groups excluding carboxylic acids is 1. The Morgan fingerprint density at radius 1 is 1.41 bits per heavy atom.